The van der Waals surface area contributed by atoms with Gasteiger partial charge in [0.25, 0.3) is 0 Å². The van der Waals surface area contributed by atoms with E-state index in [2.05, 4.69) is 20.9 Å². The van der Waals surface area contributed by atoms with E-state index in [9.17, 15) is 52.7 Å². The molecule has 5 rings (SSSR count). The van der Waals surface area contributed by atoms with Crippen molar-refractivity contribution < 1.29 is 119 Å². The van der Waals surface area contributed by atoms with Crippen molar-refractivity contribution in [2.75, 3.05) is 26.9 Å². The lowest BCUT2D eigenvalue weighted by Gasteiger charge is -2.51. The number of para-hydroxylation sites is 1. The van der Waals surface area contributed by atoms with Crippen LogP contribution in [0.2, 0.25) is 0 Å². The van der Waals surface area contributed by atoms with Crippen molar-refractivity contribution in [3.05, 3.63) is 30.0 Å². The summed E-state index contributed by atoms with van der Waals surface area (Å²) in [6.45, 7) is 8.35. The Morgan fingerprint density at radius 3 is 1.19 bits per heavy atom. The third-order valence-electron chi connectivity index (χ3n) is 11.5. The van der Waals surface area contributed by atoms with Gasteiger partial charge in [0.05, 0.1) is 7.11 Å². The number of hydrogen-bond donors (Lipinski definition) is 4. The van der Waals surface area contributed by atoms with Crippen LogP contribution >= 0.6 is 0 Å². The molecule has 3 fully saturated rings. The summed E-state index contributed by atoms with van der Waals surface area (Å²) < 4.78 is 82.6. The van der Waals surface area contributed by atoms with Gasteiger partial charge in [-0.1, -0.05) is 12.1 Å². The molecule has 0 saturated carbocycles. The Balaban J connectivity index is 1.68. The second-order valence-corrected chi connectivity index (χ2v) is 17.7. The lowest BCUT2D eigenvalue weighted by Crippen LogP contribution is -2.72. The number of rotatable bonds is 20. The maximum absolute atomic E-state index is 13.3. The molecule has 15 atom stereocenters. The van der Waals surface area contributed by atoms with Gasteiger partial charge in [0.1, 0.15) is 68.5 Å². The molecule has 424 valence electrons. The summed E-state index contributed by atoms with van der Waals surface area (Å²) in [7, 11) is 1.13. The third kappa shape index (κ3) is 16.3. The summed E-state index contributed by atoms with van der Waals surface area (Å²) in [6.07, 6.45) is -20.7. The van der Waals surface area contributed by atoms with Gasteiger partial charge in [-0.15, -0.1) is 0 Å². The Morgan fingerprint density at radius 2 is 0.818 bits per heavy atom. The van der Waals surface area contributed by atoms with E-state index in [4.69, 9.17) is 66.3 Å². The fourth-order valence-electron chi connectivity index (χ4n) is 8.78. The molecule has 2 aromatic rings. The second kappa shape index (κ2) is 27.0. The lowest BCUT2D eigenvalue weighted by atomic mass is 9.93. The molecule has 0 bridgehead atoms. The number of nitrogens with one attached hydrogen (secondary N) is 4. The van der Waals surface area contributed by atoms with Crippen LogP contribution in [0.3, 0.4) is 0 Å². The number of benzene rings is 1. The Hall–Kier alpha value is -7.47. The predicted octanol–water partition coefficient (Wildman–Crippen LogP) is -0.791. The number of esters is 8. The van der Waals surface area contributed by atoms with Crippen LogP contribution in [-0.2, 0) is 110 Å². The average Bonchev–Trinajstić information content (AvgIpc) is 3.69. The van der Waals surface area contributed by atoms with Crippen LogP contribution in [-0.4, -0.2) is 189 Å². The first-order chi connectivity index (χ1) is 36.3. The minimum Gasteiger partial charge on any atom is -0.464 e. The number of hydrogen-bond acceptors (Lipinski definition) is 25. The molecule has 29 heteroatoms. The van der Waals surface area contributed by atoms with E-state index >= 15 is 0 Å². The minimum absolute atomic E-state index is 0.133. The zero-order chi connectivity index (χ0) is 57.0. The number of carbonyl (C=O) groups excluding carboxylic acids is 11. The smallest absolute Gasteiger partial charge is 0.358 e. The Bertz CT molecular complexity index is 2530. The first kappa shape index (κ1) is 60.4. The maximum atomic E-state index is 13.3. The summed E-state index contributed by atoms with van der Waals surface area (Å²) >= 11 is 0. The SMILES string of the molecule is COC(=O)c1[nH]c2ccccc2c1OC1OC(COC(C)=O)[C@@H](O[C@@H]2OC(COC(C)=O)[C@@H](O[C@@H]3OC(COC(C)=O)[C@@H](OC(C)=O)[C@H](OC(C)=O)C3NC(C)=O)[C@H](OC(C)=O)C2NC(C)=O)[C@H](OC(C)=O)C1NC(C)=O. The monoisotopic (exact) mass is 1090 g/mol. The topological polar surface area (TPSA) is 369 Å². The third-order valence-corrected chi connectivity index (χ3v) is 11.5. The Kier molecular flexibility index (Phi) is 21.2. The largest absolute Gasteiger partial charge is 0.464 e. The summed E-state index contributed by atoms with van der Waals surface area (Å²) in [4.78, 5) is 144. The Labute approximate surface area is 439 Å². The fraction of sp³-hybridized carbons (Fsp3) is 0.604. The van der Waals surface area contributed by atoms with Crippen molar-refractivity contribution in [1.29, 1.82) is 0 Å². The maximum Gasteiger partial charge on any atom is 0.358 e. The molecule has 3 amide bonds. The van der Waals surface area contributed by atoms with Crippen molar-refractivity contribution in [3.8, 4) is 5.75 Å². The molecule has 77 heavy (non-hydrogen) atoms. The van der Waals surface area contributed by atoms with Crippen LogP contribution < -0.4 is 20.7 Å². The quantitative estimate of drug-likeness (QED) is 0.0932. The van der Waals surface area contributed by atoms with Crippen LogP contribution in [0.15, 0.2) is 24.3 Å². The van der Waals surface area contributed by atoms with E-state index in [0.717, 1.165) is 76.3 Å². The number of methoxy groups -OCH3 is 1. The van der Waals surface area contributed by atoms with Gasteiger partial charge in [-0.2, -0.15) is 0 Å². The van der Waals surface area contributed by atoms with Gasteiger partial charge in [-0.3, -0.25) is 47.9 Å². The molecule has 0 aliphatic carbocycles. The van der Waals surface area contributed by atoms with E-state index in [0.29, 0.717) is 10.9 Å². The van der Waals surface area contributed by atoms with Crippen molar-refractivity contribution >= 4 is 76.4 Å². The highest BCUT2D eigenvalue weighted by molar-refractivity contribution is 6.01. The molecular weight excluding hydrogens is 1030 g/mol. The minimum atomic E-state index is -1.94. The molecule has 0 radical (unpaired) electrons. The molecule has 29 nitrogen and oxygen atoms in total. The van der Waals surface area contributed by atoms with Crippen LogP contribution in [0.25, 0.3) is 10.9 Å². The highest BCUT2D eigenvalue weighted by Gasteiger charge is 2.59. The molecule has 3 aliphatic rings. The zero-order valence-electron chi connectivity index (χ0n) is 43.8. The molecule has 1 aromatic carbocycles. The number of aromatic amines is 1. The average molecular weight is 1100 g/mol. The van der Waals surface area contributed by atoms with E-state index in [1.165, 1.54) is 0 Å². The van der Waals surface area contributed by atoms with Crippen LogP contribution in [0, 0.1) is 0 Å². The second-order valence-electron chi connectivity index (χ2n) is 17.7. The van der Waals surface area contributed by atoms with Gasteiger partial charge >= 0.3 is 47.8 Å². The number of amides is 3. The van der Waals surface area contributed by atoms with Crippen molar-refractivity contribution in [2.24, 2.45) is 0 Å². The van der Waals surface area contributed by atoms with Crippen LogP contribution in [0.5, 0.6) is 5.75 Å². The number of fused-ring (bicyclic) bond motifs is 1. The zero-order valence-corrected chi connectivity index (χ0v) is 43.8. The Morgan fingerprint density at radius 1 is 0.468 bits per heavy atom. The van der Waals surface area contributed by atoms with Crippen molar-refractivity contribution in [3.63, 3.8) is 0 Å². The van der Waals surface area contributed by atoms with E-state index in [1.54, 1.807) is 24.3 Å². The molecular formula is C48H62N4O25. The molecule has 3 aliphatic heterocycles. The molecule has 4 heterocycles. The van der Waals surface area contributed by atoms with Gasteiger partial charge in [-0.25, -0.2) is 4.79 Å². The standard InChI is InChI=1S/C48H62N4O25/c1-19(53)49-35-42(69-26(8)60)39(68-25(7)59)31(16-65-22(4)56)72-47(35)76-41-33(18-67-24(6)58)74-48(37(51-21(3)55)44(41)71-28(10)62)77-40-32(17-66-23(5)57)73-46(36(50-20(2)54)43(40)70-27(9)61)75-38-29-14-12-13-15-30(29)52-34(38)45(63)64-11/h12-15,31-33,35-37,39-44,46-48,52H,16-18H2,1-11H3,(H,49,53)(H,50,54)(H,51,55)/t31?,32?,33?,35?,36?,37?,39-,40-,41-,42-,43-,44-,46?,47+,48+/m1/s1. The van der Waals surface area contributed by atoms with Crippen LogP contribution in [0.4, 0.5) is 0 Å². The first-order valence-electron chi connectivity index (χ1n) is 23.8. The van der Waals surface area contributed by atoms with Crippen molar-refractivity contribution in [1.82, 2.24) is 20.9 Å². The van der Waals surface area contributed by atoms with Crippen LogP contribution in [0.1, 0.15) is 79.7 Å². The molecule has 4 N–H and O–H groups in total. The van der Waals surface area contributed by atoms with Gasteiger partial charge in [0.15, 0.2) is 48.4 Å². The predicted molar refractivity (Wildman–Crippen MR) is 251 cm³/mol. The number of H-pyrrole nitrogens is 1. The van der Waals surface area contributed by atoms with Gasteiger partial charge < -0.3 is 87.3 Å². The summed E-state index contributed by atoms with van der Waals surface area (Å²) in [5, 5.41) is 8.11. The summed E-state index contributed by atoms with van der Waals surface area (Å²) in [5.74, 6) is -9.69. The van der Waals surface area contributed by atoms with E-state index < -0.39 is 177 Å². The molecule has 1 aromatic heterocycles. The highest BCUT2D eigenvalue weighted by Crippen LogP contribution is 2.38. The molecule has 3 saturated heterocycles. The number of carbonyl (C=O) groups is 11. The molecule has 7 unspecified atom stereocenters. The molecule has 0 spiro atoms. The highest BCUT2D eigenvalue weighted by atomic mass is 16.8. The van der Waals surface area contributed by atoms with E-state index in [1.807, 2.05) is 0 Å². The normalized spacial score (nSPS) is 28.7. The summed E-state index contributed by atoms with van der Waals surface area (Å²) in [6, 6.07) is 1.61. The fourth-order valence-corrected chi connectivity index (χ4v) is 8.78. The van der Waals surface area contributed by atoms with Gasteiger partial charge in [0.2, 0.25) is 24.0 Å². The van der Waals surface area contributed by atoms with E-state index in [-0.39, 0.29) is 11.4 Å². The van der Waals surface area contributed by atoms with Gasteiger partial charge in [0, 0.05) is 80.1 Å². The number of ether oxygens (including phenoxy) is 14. The number of aromatic nitrogens is 1. The first-order valence-corrected chi connectivity index (χ1v) is 23.8. The van der Waals surface area contributed by atoms with Crippen molar-refractivity contribution in [2.45, 2.75) is 161 Å². The lowest BCUT2D eigenvalue weighted by molar-refractivity contribution is -0.351. The summed E-state index contributed by atoms with van der Waals surface area (Å²) in [5.41, 5.74) is 0.222. The van der Waals surface area contributed by atoms with Gasteiger partial charge in [-0.05, 0) is 12.1 Å².